The molecular weight excluding hydrogens is 218 g/mol. The molecule has 1 unspecified atom stereocenters. The molecule has 0 aromatic carbocycles. The summed E-state index contributed by atoms with van der Waals surface area (Å²) in [6, 6.07) is 0.585. The van der Waals surface area contributed by atoms with Crippen LogP contribution in [0.5, 0.6) is 0 Å². The van der Waals surface area contributed by atoms with Crippen LogP contribution in [0.3, 0.4) is 0 Å². The van der Waals surface area contributed by atoms with Gasteiger partial charge in [-0.25, -0.2) is 4.98 Å². The van der Waals surface area contributed by atoms with Gasteiger partial charge < -0.3 is 5.73 Å². The van der Waals surface area contributed by atoms with E-state index in [-0.39, 0.29) is 0 Å². The maximum Gasteiger partial charge on any atom is 0.110 e. The zero-order chi connectivity index (χ0) is 11.4. The largest absolute Gasteiger partial charge is 0.330 e. The van der Waals surface area contributed by atoms with Crippen molar-refractivity contribution in [1.29, 1.82) is 0 Å². The molecule has 1 saturated heterocycles. The second kappa shape index (κ2) is 5.75. The first-order valence-electron chi connectivity index (χ1n) is 6.24. The Bertz CT molecular complexity index is 324. The topological polar surface area (TPSA) is 42.2 Å². The van der Waals surface area contributed by atoms with Gasteiger partial charge in [0.1, 0.15) is 5.01 Å². The van der Waals surface area contributed by atoms with E-state index in [1.165, 1.54) is 29.3 Å². The highest BCUT2D eigenvalue weighted by atomic mass is 32.1. The van der Waals surface area contributed by atoms with Gasteiger partial charge in [0.25, 0.3) is 0 Å². The highest BCUT2D eigenvalue weighted by Gasteiger charge is 2.26. The molecule has 1 aliphatic heterocycles. The summed E-state index contributed by atoms with van der Waals surface area (Å²) in [5, 5.41) is 1.31. The van der Waals surface area contributed by atoms with Crippen molar-refractivity contribution < 1.29 is 0 Å². The van der Waals surface area contributed by atoms with Gasteiger partial charge >= 0.3 is 0 Å². The quantitative estimate of drug-likeness (QED) is 0.856. The first-order valence-corrected chi connectivity index (χ1v) is 7.05. The first kappa shape index (κ1) is 12.0. The predicted octanol–water partition coefficient (Wildman–Crippen LogP) is 2.19. The molecule has 90 valence electrons. The van der Waals surface area contributed by atoms with Gasteiger partial charge in [-0.15, -0.1) is 11.3 Å². The van der Waals surface area contributed by atoms with Crippen molar-refractivity contribution in [3.8, 4) is 0 Å². The second-order valence-electron chi connectivity index (χ2n) is 4.34. The van der Waals surface area contributed by atoms with Crippen LogP contribution in [-0.4, -0.2) is 29.5 Å². The number of hydrogen-bond donors (Lipinski definition) is 1. The normalized spacial score (nSPS) is 21.8. The standard InChI is InChI=1S/C12H21N3S/c1-2-15-8-4-6-11(15)12-14-9-10(16-12)5-3-7-13/h9,11H,2-8,13H2,1H3. The molecule has 16 heavy (non-hydrogen) atoms. The fraction of sp³-hybridized carbons (Fsp3) is 0.750. The number of aryl methyl sites for hydroxylation is 1. The third-order valence-corrected chi connectivity index (χ3v) is 4.41. The minimum Gasteiger partial charge on any atom is -0.330 e. The molecule has 1 aromatic heterocycles. The Morgan fingerprint density at radius 1 is 1.62 bits per heavy atom. The van der Waals surface area contributed by atoms with Crippen LogP contribution in [0.1, 0.15) is 42.1 Å². The summed E-state index contributed by atoms with van der Waals surface area (Å²) in [5.74, 6) is 0. The SMILES string of the molecule is CCN1CCCC1c1ncc(CCCN)s1. The Hall–Kier alpha value is -0.450. The van der Waals surface area contributed by atoms with Crippen LogP contribution in [0.2, 0.25) is 0 Å². The average Bonchev–Trinajstić information content (AvgIpc) is 2.94. The first-order chi connectivity index (χ1) is 7.85. The lowest BCUT2D eigenvalue weighted by molar-refractivity contribution is 0.271. The lowest BCUT2D eigenvalue weighted by Crippen LogP contribution is -2.22. The van der Waals surface area contributed by atoms with Crippen LogP contribution < -0.4 is 5.73 Å². The third kappa shape index (κ3) is 2.62. The molecule has 1 fully saturated rings. The van der Waals surface area contributed by atoms with Gasteiger partial charge in [0, 0.05) is 11.1 Å². The molecule has 0 aliphatic carbocycles. The predicted molar refractivity (Wildman–Crippen MR) is 68.7 cm³/mol. The van der Waals surface area contributed by atoms with E-state index in [9.17, 15) is 0 Å². The zero-order valence-corrected chi connectivity index (χ0v) is 10.8. The zero-order valence-electron chi connectivity index (χ0n) is 9.98. The maximum atomic E-state index is 5.52. The smallest absolute Gasteiger partial charge is 0.110 e. The number of aromatic nitrogens is 1. The summed E-state index contributed by atoms with van der Waals surface area (Å²) in [7, 11) is 0. The van der Waals surface area contributed by atoms with Crippen LogP contribution in [0.4, 0.5) is 0 Å². The van der Waals surface area contributed by atoms with E-state index in [1.54, 1.807) is 0 Å². The number of thiazole rings is 1. The molecule has 2 N–H and O–H groups in total. The van der Waals surface area contributed by atoms with Crippen molar-refractivity contribution in [2.24, 2.45) is 5.73 Å². The molecule has 1 atom stereocenters. The van der Waals surface area contributed by atoms with Crippen molar-refractivity contribution in [2.75, 3.05) is 19.6 Å². The van der Waals surface area contributed by atoms with E-state index in [2.05, 4.69) is 16.8 Å². The van der Waals surface area contributed by atoms with E-state index in [0.717, 1.165) is 25.9 Å². The van der Waals surface area contributed by atoms with Crippen LogP contribution in [0.15, 0.2) is 6.20 Å². The van der Waals surface area contributed by atoms with Crippen molar-refractivity contribution in [3.05, 3.63) is 16.1 Å². The van der Waals surface area contributed by atoms with E-state index in [1.807, 2.05) is 17.5 Å². The number of rotatable bonds is 5. The Morgan fingerprint density at radius 2 is 2.50 bits per heavy atom. The molecule has 0 amide bonds. The minimum absolute atomic E-state index is 0.585. The van der Waals surface area contributed by atoms with Crippen molar-refractivity contribution in [3.63, 3.8) is 0 Å². The molecule has 2 heterocycles. The Kier molecular flexibility index (Phi) is 4.32. The van der Waals surface area contributed by atoms with E-state index < -0.39 is 0 Å². The van der Waals surface area contributed by atoms with Crippen molar-refractivity contribution in [1.82, 2.24) is 9.88 Å². The van der Waals surface area contributed by atoms with Gasteiger partial charge in [-0.05, 0) is 45.3 Å². The number of nitrogens with zero attached hydrogens (tertiary/aromatic N) is 2. The van der Waals surface area contributed by atoms with Crippen LogP contribution >= 0.6 is 11.3 Å². The molecular formula is C12H21N3S. The van der Waals surface area contributed by atoms with Gasteiger partial charge in [-0.3, -0.25) is 4.90 Å². The fourth-order valence-corrected chi connectivity index (χ4v) is 3.48. The van der Waals surface area contributed by atoms with Gasteiger partial charge in [-0.1, -0.05) is 6.92 Å². The fourth-order valence-electron chi connectivity index (χ4n) is 2.35. The molecule has 1 aromatic rings. The summed E-state index contributed by atoms with van der Waals surface area (Å²) in [6.07, 6.45) is 6.80. The summed E-state index contributed by atoms with van der Waals surface area (Å²) < 4.78 is 0. The number of likely N-dealkylation sites (tertiary alicyclic amines) is 1. The van der Waals surface area contributed by atoms with Crippen LogP contribution in [-0.2, 0) is 6.42 Å². The van der Waals surface area contributed by atoms with E-state index in [4.69, 9.17) is 5.73 Å². The van der Waals surface area contributed by atoms with Gasteiger partial charge in [-0.2, -0.15) is 0 Å². The minimum atomic E-state index is 0.585. The molecule has 0 saturated carbocycles. The average molecular weight is 239 g/mol. The van der Waals surface area contributed by atoms with Crippen LogP contribution in [0, 0.1) is 0 Å². The van der Waals surface area contributed by atoms with E-state index in [0.29, 0.717) is 6.04 Å². The molecule has 4 heteroatoms. The summed E-state index contributed by atoms with van der Waals surface area (Å²) in [4.78, 5) is 8.51. The van der Waals surface area contributed by atoms with Gasteiger partial charge in [0.15, 0.2) is 0 Å². The second-order valence-corrected chi connectivity index (χ2v) is 5.49. The van der Waals surface area contributed by atoms with Gasteiger partial charge in [0.05, 0.1) is 6.04 Å². The van der Waals surface area contributed by atoms with E-state index >= 15 is 0 Å². The Labute approximate surface area is 102 Å². The summed E-state index contributed by atoms with van der Waals surface area (Å²) >= 11 is 1.88. The summed E-state index contributed by atoms with van der Waals surface area (Å²) in [6.45, 7) is 5.39. The third-order valence-electron chi connectivity index (χ3n) is 3.25. The van der Waals surface area contributed by atoms with Crippen LogP contribution in [0.25, 0.3) is 0 Å². The lowest BCUT2D eigenvalue weighted by Gasteiger charge is -2.20. The molecule has 1 aliphatic rings. The molecule has 0 spiro atoms. The Balaban J connectivity index is 2.00. The summed E-state index contributed by atoms with van der Waals surface area (Å²) in [5.41, 5.74) is 5.52. The van der Waals surface area contributed by atoms with Crippen molar-refractivity contribution >= 4 is 11.3 Å². The van der Waals surface area contributed by atoms with Crippen molar-refractivity contribution in [2.45, 2.75) is 38.6 Å². The maximum absolute atomic E-state index is 5.52. The number of nitrogens with two attached hydrogens (primary N) is 1. The molecule has 0 radical (unpaired) electrons. The molecule has 0 bridgehead atoms. The van der Waals surface area contributed by atoms with Gasteiger partial charge in [0.2, 0.25) is 0 Å². The highest BCUT2D eigenvalue weighted by Crippen LogP contribution is 2.33. The lowest BCUT2D eigenvalue weighted by atomic mass is 10.2. The number of hydrogen-bond acceptors (Lipinski definition) is 4. The Morgan fingerprint density at radius 3 is 3.25 bits per heavy atom. The highest BCUT2D eigenvalue weighted by molar-refractivity contribution is 7.11. The molecule has 2 rings (SSSR count). The monoisotopic (exact) mass is 239 g/mol. The molecule has 3 nitrogen and oxygen atoms in total.